The molecule has 0 aromatic heterocycles. The lowest BCUT2D eigenvalue weighted by Crippen LogP contribution is -2.35. The van der Waals surface area contributed by atoms with Crippen LogP contribution in [0.1, 0.15) is 41.5 Å². The van der Waals surface area contributed by atoms with Gasteiger partial charge in [0.25, 0.3) is 0 Å². The number of rotatable bonds is 4. The van der Waals surface area contributed by atoms with Crippen molar-refractivity contribution in [2.75, 3.05) is 19.0 Å². The Balaban J connectivity index is 2.04. The molecule has 1 nitrogen and oxygen atoms in total. The average molecular weight is 280 g/mol. The molecule has 0 aliphatic carbocycles. The zero-order chi connectivity index (χ0) is 13.8. The molecule has 0 amide bonds. The maximum atomic E-state index is 5.89. The van der Waals surface area contributed by atoms with Crippen LogP contribution in [0.25, 0.3) is 0 Å². The molecule has 0 radical (unpaired) electrons. The zero-order valence-electron chi connectivity index (χ0n) is 12.5. The highest BCUT2D eigenvalue weighted by Crippen LogP contribution is 2.24. The number of hydrogen-bond donors (Lipinski definition) is 0. The maximum absolute atomic E-state index is 5.89. The number of hydrogen-bond acceptors (Lipinski definition) is 1. The minimum atomic E-state index is 0.803. The van der Waals surface area contributed by atoms with Crippen LogP contribution < -0.4 is 0 Å². The van der Waals surface area contributed by atoms with Crippen molar-refractivity contribution < 1.29 is 0 Å². The Morgan fingerprint density at radius 1 is 1.21 bits per heavy atom. The Bertz CT molecular complexity index is 402. The molecule has 0 N–H and O–H groups in total. The number of nitrogens with zero attached hydrogens (tertiary/aromatic N) is 1. The maximum Gasteiger partial charge on any atom is 0.0239 e. The van der Waals surface area contributed by atoms with Crippen molar-refractivity contribution in [2.24, 2.45) is 5.92 Å². The van der Waals surface area contributed by atoms with Gasteiger partial charge in [-0.3, -0.25) is 4.90 Å². The lowest BCUT2D eigenvalue weighted by molar-refractivity contribution is 0.164. The first kappa shape index (κ1) is 14.9. The molecule has 0 spiro atoms. The Morgan fingerprint density at radius 2 is 1.89 bits per heavy atom. The van der Waals surface area contributed by atoms with E-state index in [0.29, 0.717) is 0 Å². The van der Waals surface area contributed by atoms with Crippen LogP contribution in [0.3, 0.4) is 0 Å². The van der Waals surface area contributed by atoms with Crippen molar-refractivity contribution in [1.29, 1.82) is 0 Å². The van der Waals surface area contributed by atoms with Gasteiger partial charge in [0.2, 0.25) is 0 Å². The third-order valence-electron chi connectivity index (χ3n) is 4.34. The lowest BCUT2D eigenvalue weighted by atomic mass is 9.94. The predicted molar refractivity (Wildman–Crippen MR) is 84.0 cm³/mol. The van der Waals surface area contributed by atoms with Gasteiger partial charge in [-0.25, -0.2) is 0 Å². The summed E-state index contributed by atoms with van der Waals surface area (Å²) in [5.41, 5.74) is 5.78. The predicted octanol–water partition coefficient (Wildman–Crippen LogP) is 4.45. The molecule has 1 aliphatic heterocycles. The van der Waals surface area contributed by atoms with Crippen LogP contribution in [-0.2, 0) is 6.54 Å². The van der Waals surface area contributed by atoms with E-state index in [1.54, 1.807) is 0 Å². The quantitative estimate of drug-likeness (QED) is 0.736. The first-order chi connectivity index (χ1) is 9.10. The first-order valence-electron chi connectivity index (χ1n) is 7.45. The molecule has 1 aromatic rings. The molecule has 2 heteroatoms. The van der Waals surface area contributed by atoms with E-state index in [-0.39, 0.29) is 0 Å². The van der Waals surface area contributed by atoms with Gasteiger partial charge in [-0.2, -0.15) is 0 Å². The Labute approximate surface area is 123 Å². The monoisotopic (exact) mass is 279 g/mol. The number of alkyl halides is 1. The van der Waals surface area contributed by atoms with E-state index < -0.39 is 0 Å². The third-order valence-corrected chi connectivity index (χ3v) is 4.56. The van der Waals surface area contributed by atoms with Gasteiger partial charge in [-0.15, -0.1) is 11.6 Å². The fourth-order valence-corrected chi connectivity index (χ4v) is 3.68. The molecule has 1 atom stereocenters. The number of halogens is 1. The van der Waals surface area contributed by atoms with Crippen LogP contribution in [0, 0.1) is 26.7 Å². The fraction of sp³-hybridized carbons (Fsp3) is 0.647. The van der Waals surface area contributed by atoms with E-state index in [1.165, 1.54) is 54.6 Å². The number of aryl methyl sites for hydroxylation is 3. The molecule has 0 bridgehead atoms. The van der Waals surface area contributed by atoms with Crippen LogP contribution in [0.4, 0.5) is 0 Å². The highest BCUT2D eigenvalue weighted by atomic mass is 35.5. The molecule has 1 aliphatic rings. The average Bonchev–Trinajstić information content (AvgIpc) is 2.35. The van der Waals surface area contributed by atoms with Crippen molar-refractivity contribution in [2.45, 2.75) is 46.6 Å². The Kier molecular flexibility index (Phi) is 5.29. The molecule has 2 rings (SSSR count). The molecule has 106 valence electrons. The van der Waals surface area contributed by atoms with Crippen molar-refractivity contribution in [3.05, 3.63) is 34.4 Å². The normalized spacial score (nSPS) is 20.7. The van der Waals surface area contributed by atoms with Crippen molar-refractivity contribution >= 4 is 11.6 Å². The Hall–Kier alpha value is -0.530. The van der Waals surface area contributed by atoms with Crippen molar-refractivity contribution in [1.82, 2.24) is 4.90 Å². The lowest BCUT2D eigenvalue weighted by Gasteiger charge is -2.33. The van der Waals surface area contributed by atoms with E-state index in [1.807, 2.05) is 0 Å². The second-order valence-electron chi connectivity index (χ2n) is 6.10. The van der Waals surface area contributed by atoms with Gasteiger partial charge in [0.1, 0.15) is 0 Å². The standard InChI is InChI=1S/C17H26ClN/c1-13-9-14(2)17(15(3)10-13)12-19-8-4-5-16(11-19)6-7-18/h9-10,16H,4-8,11-12H2,1-3H3. The number of piperidine rings is 1. The van der Waals surface area contributed by atoms with Crippen molar-refractivity contribution in [3.8, 4) is 0 Å². The molecule has 19 heavy (non-hydrogen) atoms. The van der Waals surface area contributed by atoms with E-state index >= 15 is 0 Å². The van der Waals surface area contributed by atoms with Crippen LogP contribution in [0.2, 0.25) is 0 Å². The van der Waals surface area contributed by atoms with Crippen LogP contribution in [-0.4, -0.2) is 23.9 Å². The van der Waals surface area contributed by atoms with E-state index in [4.69, 9.17) is 11.6 Å². The Morgan fingerprint density at radius 3 is 2.53 bits per heavy atom. The first-order valence-corrected chi connectivity index (χ1v) is 7.98. The minimum Gasteiger partial charge on any atom is -0.299 e. The molecule has 1 heterocycles. The van der Waals surface area contributed by atoms with Gasteiger partial charge in [-0.05, 0) is 69.2 Å². The van der Waals surface area contributed by atoms with E-state index in [9.17, 15) is 0 Å². The van der Waals surface area contributed by atoms with Gasteiger partial charge in [0.15, 0.2) is 0 Å². The van der Waals surface area contributed by atoms with Gasteiger partial charge in [0, 0.05) is 19.0 Å². The van der Waals surface area contributed by atoms with Gasteiger partial charge >= 0.3 is 0 Å². The summed E-state index contributed by atoms with van der Waals surface area (Å²) < 4.78 is 0. The number of benzene rings is 1. The molecule has 0 saturated carbocycles. The smallest absolute Gasteiger partial charge is 0.0239 e. The minimum absolute atomic E-state index is 0.803. The van der Waals surface area contributed by atoms with E-state index in [2.05, 4.69) is 37.8 Å². The van der Waals surface area contributed by atoms with Crippen LogP contribution >= 0.6 is 11.6 Å². The summed E-state index contributed by atoms with van der Waals surface area (Å²) in [4.78, 5) is 2.62. The molecule has 1 unspecified atom stereocenters. The summed E-state index contributed by atoms with van der Waals surface area (Å²) in [7, 11) is 0. The second kappa shape index (κ2) is 6.76. The summed E-state index contributed by atoms with van der Waals surface area (Å²) in [6.07, 6.45) is 3.85. The van der Waals surface area contributed by atoms with E-state index in [0.717, 1.165) is 18.3 Å². The fourth-order valence-electron chi connectivity index (χ4n) is 3.37. The van der Waals surface area contributed by atoms with Gasteiger partial charge in [-0.1, -0.05) is 17.7 Å². The molecule has 1 fully saturated rings. The topological polar surface area (TPSA) is 3.24 Å². The molecule has 1 aromatic carbocycles. The summed E-state index contributed by atoms with van der Waals surface area (Å²) in [6, 6.07) is 4.62. The second-order valence-corrected chi connectivity index (χ2v) is 6.48. The van der Waals surface area contributed by atoms with Crippen LogP contribution in [0.15, 0.2) is 12.1 Å². The highest BCUT2D eigenvalue weighted by molar-refractivity contribution is 6.17. The van der Waals surface area contributed by atoms with Gasteiger partial charge in [0.05, 0.1) is 0 Å². The van der Waals surface area contributed by atoms with Gasteiger partial charge < -0.3 is 0 Å². The summed E-state index contributed by atoms with van der Waals surface area (Å²) in [6.45, 7) is 10.2. The summed E-state index contributed by atoms with van der Waals surface area (Å²) in [5, 5.41) is 0. The summed E-state index contributed by atoms with van der Waals surface area (Å²) in [5.74, 6) is 1.61. The molecular formula is C17H26ClN. The number of likely N-dealkylation sites (tertiary alicyclic amines) is 1. The largest absolute Gasteiger partial charge is 0.299 e. The highest BCUT2D eigenvalue weighted by Gasteiger charge is 2.20. The third kappa shape index (κ3) is 3.97. The zero-order valence-corrected chi connectivity index (χ0v) is 13.3. The molecule has 1 saturated heterocycles. The molecular weight excluding hydrogens is 254 g/mol. The summed E-state index contributed by atoms with van der Waals surface area (Å²) >= 11 is 5.89. The SMILES string of the molecule is Cc1cc(C)c(CN2CCCC(CCCl)C2)c(C)c1. The van der Waals surface area contributed by atoms with Crippen molar-refractivity contribution in [3.63, 3.8) is 0 Å². The van der Waals surface area contributed by atoms with Crippen LogP contribution in [0.5, 0.6) is 0 Å².